The Hall–Kier alpha value is -3.16. The SMILES string of the molecule is Cc1ccc(-n2nc(C)c(NC(=O)CN3C(=O)c4cc(Cl)c(Cl)cc4C3=O)c2C)cc1. The normalized spacial score (nSPS) is 13.0. The van der Waals surface area contributed by atoms with Crippen LogP contribution >= 0.6 is 23.2 Å². The van der Waals surface area contributed by atoms with Gasteiger partial charge in [-0.05, 0) is 45.0 Å². The van der Waals surface area contributed by atoms with E-state index in [1.165, 1.54) is 12.1 Å². The summed E-state index contributed by atoms with van der Waals surface area (Å²) in [7, 11) is 0. The van der Waals surface area contributed by atoms with E-state index in [9.17, 15) is 14.4 Å². The maximum absolute atomic E-state index is 12.7. The standard InChI is InChI=1S/C22H18Cl2N4O3/c1-11-4-6-14(7-5-11)28-13(3)20(12(2)26-28)25-19(29)10-27-21(30)15-8-17(23)18(24)9-16(15)22(27)31/h4-9H,10H2,1-3H3,(H,25,29). The number of hydrogen-bond donors (Lipinski definition) is 1. The van der Waals surface area contributed by atoms with Crippen LogP contribution in [0.5, 0.6) is 0 Å². The van der Waals surface area contributed by atoms with Gasteiger partial charge in [0.05, 0.1) is 43.9 Å². The van der Waals surface area contributed by atoms with Crippen LogP contribution in [-0.4, -0.2) is 38.9 Å². The number of rotatable bonds is 4. The molecule has 0 aliphatic carbocycles. The molecule has 0 saturated carbocycles. The number of nitrogens with zero attached hydrogens (tertiary/aromatic N) is 3. The third-order valence-electron chi connectivity index (χ3n) is 5.15. The zero-order valence-corrected chi connectivity index (χ0v) is 18.5. The van der Waals surface area contributed by atoms with Crippen molar-refractivity contribution in [2.75, 3.05) is 11.9 Å². The first-order chi connectivity index (χ1) is 14.7. The third kappa shape index (κ3) is 3.71. The quantitative estimate of drug-likeness (QED) is 0.591. The van der Waals surface area contributed by atoms with Crippen molar-refractivity contribution in [2.45, 2.75) is 20.8 Å². The zero-order chi connectivity index (χ0) is 22.4. The smallest absolute Gasteiger partial charge is 0.262 e. The van der Waals surface area contributed by atoms with Gasteiger partial charge in [-0.25, -0.2) is 4.68 Å². The third-order valence-corrected chi connectivity index (χ3v) is 5.87. The van der Waals surface area contributed by atoms with Crippen molar-refractivity contribution in [1.82, 2.24) is 14.7 Å². The van der Waals surface area contributed by atoms with Crippen LogP contribution in [0.1, 0.15) is 37.7 Å². The fourth-order valence-electron chi connectivity index (χ4n) is 3.51. The number of aryl methyl sites for hydroxylation is 2. The summed E-state index contributed by atoms with van der Waals surface area (Å²) in [6, 6.07) is 10.5. The van der Waals surface area contributed by atoms with Crippen molar-refractivity contribution in [2.24, 2.45) is 0 Å². The largest absolute Gasteiger partial charge is 0.321 e. The van der Waals surface area contributed by atoms with E-state index in [4.69, 9.17) is 23.2 Å². The number of hydrogen-bond acceptors (Lipinski definition) is 4. The lowest BCUT2D eigenvalue weighted by atomic mass is 10.1. The van der Waals surface area contributed by atoms with E-state index in [0.29, 0.717) is 11.4 Å². The number of halogens is 2. The number of carbonyl (C=O) groups is 3. The number of aromatic nitrogens is 2. The maximum Gasteiger partial charge on any atom is 0.262 e. The molecule has 2 heterocycles. The molecule has 1 N–H and O–H groups in total. The summed E-state index contributed by atoms with van der Waals surface area (Å²) in [5.41, 5.74) is 4.14. The van der Waals surface area contributed by atoms with Crippen LogP contribution in [0.3, 0.4) is 0 Å². The highest BCUT2D eigenvalue weighted by Gasteiger charge is 2.37. The van der Waals surface area contributed by atoms with E-state index in [1.807, 2.05) is 38.1 Å². The van der Waals surface area contributed by atoms with Gasteiger partial charge in [0.15, 0.2) is 0 Å². The van der Waals surface area contributed by atoms with Crippen molar-refractivity contribution in [3.63, 3.8) is 0 Å². The number of anilines is 1. The first-order valence-electron chi connectivity index (χ1n) is 9.45. The van der Waals surface area contributed by atoms with Crippen molar-refractivity contribution < 1.29 is 14.4 Å². The molecule has 0 saturated heterocycles. The van der Waals surface area contributed by atoms with E-state index >= 15 is 0 Å². The predicted molar refractivity (Wildman–Crippen MR) is 118 cm³/mol. The Morgan fingerprint density at radius 1 is 0.968 bits per heavy atom. The van der Waals surface area contributed by atoms with E-state index < -0.39 is 24.3 Å². The van der Waals surface area contributed by atoms with Gasteiger partial charge in [-0.2, -0.15) is 5.10 Å². The highest BCUT2D eigenvalue weighted by Crippen LogP contribution is 2.31. The average Bonchev–Trinajstić information content (AvgIpc) is 3.12. The second-order valence-corrected chi connectivity index (χ2v) is 8.16. The van der Waals surface area contributed by atoms with Crippen molar-refractivity contribution in [1.29, 1.82) is 0 Å². The number of benzene rings is 2. The molecule has 0 radical (unpaired) electrons. The van der Waals surface area contributed by atoms with Crippen LogP contribution in [0.4, 0.5) is 5.69 Å². The highest BCUT2D eigenvalue weighted by molar-refractivity contribution is 6.43. The first kappa shape index (κ1) is 21.1. The Balaban J connectivity index is 1.54. The van der Waals surface area contributed by atoms with Crippen molar-refractivity contribution >= 4 is 46.6 Å². The minimum Gasteiger partial charge on any atom is -0.321 e. The molecular weight excluding hydrogens is 439 g/mol. The van der Waals surface area contributed by atoms with Gasteiger partial charge in [-0.15, -0.1) is 0 Å². The zero-order valence-electron chi connectivity index (χ0n) is 17.0. The van der Waals surface area contributed by atoms with Gasteiger partial charge in [-0.3, -0.25) is 19.3 Å². The molecule has 1 aromatic heterocycles. The monoisotopic (exact) mass is 456 g/mol. The van der Waals surface area contributed by atoms with Gasteiger partial charge in [-0.1, -0.05) is 40.9 Å². The lowest BCUT2D eigenvalue weighted by Gasteiger charge is -2.14. The van der Waals surface area contributed by atoms with E-state index in [0.717, 1.165) is 21.8 Å². The number of nitrogens with one attached hydrogen (secondary N) is 1. The molecule has 0 fully saturated rings. The molecule has 3 amide bonds. The summed E-state index contributed by atoms with van der Waals surface area (Å²) < 4.78 is 1.73. The van der Waals surface area contributed by atoms with E-state index in [-0.39, 0.29) is 21.2 Å². The minimum absolute atomic E-state index is 0.131. The molecule has 1 aliphatic rings. The summed E-state index contributed by atoms with van der Waals surface area (Å²) in [4.78, 5) is 38.8. The number of imide groups is 1. The van der Waals surface area contributed by atoms with E-state index in [2.05, 4.69) is 10.4 Å². The molecule has 4 rings (SSSR count). The van der Waals surface area contributed by atoms with Gasteiger partial charge in [0.1, 0.15) is 6.54 Å². The summed E-state index contributed by atoms with van der Waals surface area (Å²) in [5.74, 6) is -1.68. The van der Waals surface area contributed by atoms with Gasteiger partial charge >= 0.3 is 0 Å². The molecule has 1 aliphatic heterocycles. The molecule has 0 bridgehead atoms. The number of amides is 3. The van der Waals surface area contributed by atoms with Gasteiger partial charge in [0, 0.05) is 0 Å². The number of carbonyl (C=O) groups excluding carboxylic acids is 3. The molecule has 2 aromatic carbocycles. The Morgan fingerprint density at radius 2 is 1.52 bits per heavy atom. The maximum atomic E-state index is 12.7. The summed E-state index contributed by atoms with van der Waals surface area (Å²) in [6.45, 7) is 5.18. The molecule has 7 nitrogen and oxygen atoms in total. The molecule has 9 heteroatoms. The predicted octanol–water partition coefficient (Wildman–Crippen LogP) is 4.34. The first-order valence-corrected chi connectivity index (χ1v) is 10.2. The van der Waals surface area contributed by atoms with Crippen LogP contribution in [0.2, 0.25) is 10.0 Å². The second-order valence-electron chi connectivity index (χ2n) is 7.35. The number of fused-ring (bicyclic) bond motifs is 1. The van der Waals surface area contributed by atoms with Crippen molar-refractivity contribution in [3.05, 3.63) is 74.5 Å². The molecular formula is C22H18Cl2N4O3. The average molecular weight is 457 g/mol. The molecule has 0 spiro atoms. The lowest BCUT2D eigenvalue weighted by molar-refractivity contribution is -0.116. The lowest BCUT2D eigenvalue weighted by Crippen LogP contribution is -2.37. The molecule has 0 atom stereocenters. The van der Waals surface area contributed by atoms with Gasteiger partial charge in [0.2, 0.25) is 5.91 Å². The van der Waals surface area contributed by atoms with Crippen LogP contribution in [0.25, 0.3) is 5.69 Å². The van der Waals surface area contributed by atoms with Crippen molar-refractivity contribution in [3.8, 4) is 5.69 Å². The van der Waals surface area contributed by atoms with E-state index in [1.54, 1.807) is 11.6 Å². The topological polar surface area (TPSA) is 84.3 Å². The van der Waals surface area contributed by atoms with Gasteiger partial charge in [0.25, 0.3) is 11.8 Å². The molecule has 3 aromatic rings. The Bertz CT molecular complexity index is 1210. The second kappa shape index (κ2) is 7.83. The van der Waals surface area contributed by atoms with Crippen LogP contribution < -0.4 is 5.32 Å². The molecule has 0 unspecified atom stereocenters. The molecule has 31 heavy (non-hydrogen) atoms. The highest BCUT2D eigenvalue weighted by atomic mass is 35.5. The summed E-state index contributed by atoms with van der Waals surface area (Å²) in [6.07, 6.45) is 0. The molecule has 158 valence electrons. The summed E-state index contributed by atoms with van der Waals surface area (Å²) in [5, 5.41) is 7.62. The Morgan fingerprint density at radius 3 is 2.06 bits per heavy atom. The fourth-order valence-corrected chi connectivity index (χ4v) is 3.84. The minimum atomic E-state index is -0.586. The summed E-state index contributed by atoms with van der Waals surface area (Å²) >= 11 is 11.9. The Kier molecular flexibility index (Phi) is 5.33. The Labute approximate surface area is 188 Å². The van der Waals surface area contributed by atoms with Gasteiger partial charge < -0.3 is 5.32 Å². The van der Waals surface area contributed by atoms with Crippen LogP contribution in [-0.2, 0) is 4.79 Å². The fraction of sp³-hybridized carbons (Fsp3) is 0.182. The van der Waals surface area contributed by atoms with Crippen LogP contribution in [0, 0.1) is 20.8 Å². The van der Waals surface area contributed by atoms with Crippen LogP contribution in [0.15, 0.2) is 36.4 Å².